The van der Waals surface area contributed by atoms with Crippen molar-refractivity contribution in [2.45, 2.75) is 25.4 Å². The Morgan fingerprint density at radius 3 is 2.51 bits per heavy atom. The summed E-state index contributed by atoms with van der Waals surface area (Å²) in [4.78, 5) is 12.9. The van der Waals surface area contributed by atoms with Gasteiger partial charge < -0.3 is 5.11 Å². The SMILES string of the molecule is O=C(C[C@@H](Cc1ccc(O)cc1)n1nncc1CN(c1ccc(-c2ccccc2)s1)[SH](=O)=O)NO. The van der Waals surface area contributed by atoms with Crippen LogP contribution in [-0.4, -0.2) is 39.6 Å². The van der Waals surface area contributed by atoms with Crippen molar-refractivity contribution in [3.63, 3.8) is 0 Å². The number of anilines is 1. The summed E-state index contributed by atoms with van der Waals surface area (Å²) < 4.78 is 27.1. The molecular weight excluding hydrogens is 490 g/mol. The molecule has 0 aliphatic rings. The van der Waals surface area contributed by atoms with Crippen LogP contribution in [0.3, 0.4) is 0 Å². The number of aromatic nitrogens is 3. The van der Waals surface area contributed by atoms with Crippen molar-refractivity contribution in [2.75, 3.05) is 4.31 Å². The number of thiophene rings is 1. The number of amides is 1. The van der Waals surface area contributed by atoms with Gasteiger partial charge in [0.15, 0.2) is 0 Å². The Balaban J connectivity index is 1.61. The van der Waals surface area contributed by atoms with Gasteiger partial charge in [0.05, 0.1) is 30.9 Å². The summed E-state index contributed by atoms with van der Waals surface area (Å²) in [6, 6.07) is 19.2. The lowest BCUT2D eigenvalue weighted by molar-refractivity contribution is -0.130. The average Bonchev–Trinajstić information content (AvgIpc) is 3.53. The zero-order valence-electron chi connectivity index (χ0n) is 18.4. The molecule has 4 aromatic rings. The maximum absolute atomic E-state index is 12.2. The number of carbonyl (C=O) groups is 1. The van der Waals surface area contributed by atoms with E-state index in [0.29, 0.717) is 17.1 Å². The number of nitrogens with one attached hydrogen (secondary N) is 1. The molecular formula is C23H23N5O5S2. The summed E-state index contributed by atoms with van der Waals surface area (Å²) in [5.41, 5.74) is 3.91. The van der Waals surface area contributed by atoms with Crippen LogP contribution in [0, 0.1) is 0 Å². The molecule has 2 heterocycles. The van der Waals surface area contributed by atoms with E-state index in [9.17, 15) is 18.3 Å². The first-order valence-corrected chi connectivity index (χ1v) is 12.6. The summed E-state index contributed by atoms with van der Waals surface area (Å²) in [7, 11) is -2.98. The third-order valence-corrected chi connectivity index (χ3v) is 7.41. The summed E-state index contributed by atoms with van der Waals surface area (Å²) in [5.74, 6) is -0.506. The normalized spacial score (nSPS) is 11.9. The zero-order valence-corrected chi connectivity index (χ0v) is 20.1. The first-order valence-electron chi connectivity index (χ1n) is 10.6. The quantitative estimate of drug-likeness (QED) is 0.145. The van der Waals surface area contributed by atoms with Crippen molar-refractivity contribution in [1.82, 2.24) is 20.5 Å². The number of carbonyl (C=O) groups excluding carboxylic acids is 1. The van der Waals surface area contributed by atoms with Gasteiger partial charge in [-0.3, -0.25) is 14.3 Å². The molecule has 182 valence electrons. The van der Waals surface area contributed by atoms with E-state index in [1.165, 1.54) is 38.7 Å². The summed E-state index contributed by atoms with van der Waals surface area (Å²) in [6.07, 6.45) is 1.68. The van der Waals surface area contributed by atoms with Gasteiger partial charge in [-0.05, 0) is 41.8 Å². The number of thiol groups is 1. The van der Waals surface area contributed by atoms with Crippen LogP contribution in [0.1, 0.15) is 23.7 Å². The number of rotatable bonds is 10. The predicted octanol–water partition coefficient (Wildman–Crippen LogP) is 2.92. The van der Waals surface area contributed by atoms with Crippen molar-refractivity contribution in [3.05, 3.63) is 84.2 Å². The number of hydroxylamine groups is 1. The standard InChI is InChI=1S/C23H23N5O5S2/c29-20-8-6-16(7-9-20)12-18(13-22(30)25-31)28-19(14-24-26-28)15-27(35(32)33)23-11-10-21(34-23)17-4-2-1-3-5-17/h1-11,14,18,29,31,35H,12-13,15H2,(H,25,30)/t18-/m1/s1. The molecule has 0 unspecified atom stereocenters. The molecule has 0 radical (unpaired) electrons. The Bertz CT molecular complexity index is 1340. The topological polar surface area (TPSA) is 138 Å². The van der Waals surface area contributed by atoms with Gasteiger partial charge >= 0.3 is 0 Å². The van der Waals surface area contributed by atoms with Crippen LogP contribution in [0.5, 0.6) is 5.75 Å². The molecule has 0 bridgehead atoms. The molecule has 0 saturated heterocycles. The van der Waals surface area contributed by atoms with Gasteiger partial charge in [-0.2, -0.15) is 0 Å². The Hall–Kier alpha value is -3.74. The van der Waals surface area contributed by atoms with Gasteiger partial charge in [0.1, 0.15) is 10.8 Å². The molecule has 3 N–H and O–H groups in total. The first kappa shape index (κ1) is 24.4. The van der Waals surface area contributed by atoms with E-state index in [0.717, 1.165) is 16.0 Å². The molecule has 12 heteroatoms. The minimum absolute atomic E-state index is 0.0345. The van der Waals surface area contributed by atoms with Crippen LogP contribution >= 0.6 is 11.3 Å². The summed E-state index contributed by atoms with van der Waals surface area (Å²) in [6.45, 7) is -0.0345. The molecule has 2 aromatic carbocycles. The maximum Gasteiger partial charge on any atom is 0.245 e. The third kappa shape index (κ3) is 6.04. The highest BCUT2D eigenvalue weighted by Gasteiger charge is 2.23. The van der Waals surface area contributed by atoms with Crippen molar-refractivity contribution >= 4 is 33.1 Å². The maximum atomic E-state index is 12.2. The molecule has 1 atom stereocenters. The Labute approximate surface area is 207 Å². The summed E-state index contributed by atoms with van der Waals surface area (Å²) >= 11 is 1.35. The second-order valence-electron chi connectivity index (χ2n) is 7.73. The fourth-order valence-electron chi connectivity index (χ4n) is 3.69. The molecule has 35 heavy (non-hydrogen) atoms. The second kappa shape index (κ2) is 11.1. The molecule has 2 aromatic heterocycles. The van der Waals surface area contributed by atoms with Crippen LogP contribution in [0.4, 0.5) is 5.00 Å². The molecule has 1 amide bonds. The highest BCUT2D eigenvalue weighted by Crippen LogP contribution is 2.34. The molecule has 4 rings (SSSR count). The van der Waals surface area contributed by atoms with Crippen LogP contribution in [0.25, 0.3) is 10.4 Å². The molecule has 0 spiro atoms. The van der Waals surface area contributed by atoms with Crippen LogP contribution in [0.15, 0.2) is 72.9 Å². The number of hydrogen-bond donors (Lipinski definition) is 4. The van der Waals surface area contributed by atoms with E-state index in [1.54, 1.807) is 23.7 Å². The van der Waals surface area contributed by atoms with Crippen LogP contribution in [0.2, 0.25) is 0 Å². The number of phenolic OH excluding ortho intramolecular Hbond substituents is 1. The van der Waals surface area contributed by atoms with E-state index in [1.807, 2.05) is 36.4 Å². The first-order chi connectivity index (χ1) is 16.9. The fraction of sp³-hybridized carbons (Fsp3) is 0.174. The zero-order chi connectivity index (χ0) is 24.8. The Morgan fingerprint density at radius 2 is 1.83 bits per heavy atom. The van der Waals surface area contributed by atoms with Crippen LogP contribution in [-0.2, 0) is 28.7 Å². The number of benzene rings is 2. The molecule has 0 aliphatic carbocycles. The highest BCUT2D eigenvalue weighted by atomic mass is 32.2. The molecule has 0 saturated carbocycles. The summed E-state index contributed by atoms with van der Waals surface area (Å²) in [5, 5.41) is 27.2. The lowest BCUT2D eigenvalue weighted by Gasteiger charge is -2.21. The van der Waals surface area contributed by atoms with Gasteiger partial charge in [0.2, 0.25) is 16.8 Å². The number of nitrogens with zero attached hydrogens (tertiary/aromatic N) is 4. The second-order valence-corrected chi connectivity index (χ2v) is 9.75. The Morgan fingerprint density at radius 1 is 1.09 bits per heavy atom. The minimum Gasteiger partial charge on any atom is -0.508 e. The number of aromatic hydroxyl groups is 1. The van der Waals surface area contributed by atoms with Crippen molar-refractivity contribution in [2.24, 2.45) is 0 Å². The van der Waals surface area contributed by atoms with Crippen molar-refractivity contribution in [3.8, 4) is 16.2 Å². The van der Waals surface area contributed by atoms with Crippen LogP contribution < -0.4 is 9.79 Å². The van der Waals surface area contributed by atoms with E-state index < -0.39 is 22.8 Å². The van der Waals surface area contributed by atoms with E-state index in [4.69, 9.17) is 5.21 Å². The van der Waals surface area contributed by atoms with Gasteiger partial charge in [-0.25, -0.2) is 18.6 Å². The number of hydrogen-bond acceptors (Lipinski definition) is 8. The Kier molecular flexibility index (Phi) is 7.75. The van der Waals surface area contributed by atoms with Gasteiger partial charge in [0.25, 0.3) is 0 Å². The minimum atomic E-state index is -2.98. The fourth-order valence-corrected chi connectivity index (χ4v) is 5.42. The smallest absolute Gasteiger partial charge is 0.245 e. The van der Waals surface area contributed by atoms with E-state index in [-0.39, 0.29) is 18.7 Å². The molecule has 0 fully saturated rings. The molecule has 10 nitrogen and oxygen atoms in total. The predicted molar refractivity (Wildman–Crippen MR) is 132 cm³/mol. The van der Waals surface area contributed by atoms with Crippen molar-refractivity contribution in [1.29, 1.82) is 0 Å². The van der Waals surface area contributed by atoms with Gasteiger partial charge in [0, 0.05) is 4.88 Å². The number of phenols is 1. The van der Waals surface area contributed by atoms with E-state index >= 15 is 0 Å². The molecule has 0 aliphatic heterocycles. The lowest BCUT2D eigenvalue weighted by Crippen LogP contribution is -2.28. The van der Waals surface area contributed by atoms with Gasteiger partial charge in [-0.1, -0.05) is 47.7 Å². The average molecular weight is 514 g/mol. The third-order valence-electron chi connectivity index (χ3n) is 5.36. The van der Waals surface area contributed by atoms with Crippen molar-refractivity contribution < 1.29 is 23.5 Å². The lowest BCUT2D eigenvalue weighted by atomic mass is 10.0. The van der Waals surface area contributed by atoms with E-state index in [2.05, 4.69) is 10.3 Å². The highest BCUT2D eigenvalue weighted by molar-refractivity contribution is 7.74. The largest absolute Gasteiger partial charge is 0.508 e. The monoisotopic (exact) mass is 513 g/mol. The van der Waals surface area contributed by atoms with Gasteiger partial charge in [-0.15, -0.1) is 16.4 Å².